The van der Waals surface area contributed by atoms with E-state index in [1.165, 1.54) is 30.0 Å². The van der Waals surface area contributed by atoms with Gasteiger partial charge >= 0.3 is 0 Å². The van der Waals surface area contributed by atoms with Gasteiger partial charge in [0, 0.05) is 12.1 Å². The van der Waals surface area contributed by atoms with E-state index in [9.17, 15) is 10.1 Å². The van der Waals surface area contributed by atoms with Crippen LogP contribution >= 0.6 is 0 Å². The predicted molar refractivity (Wildman–Crippen MR) is 73.0 cm³/mol. The number of methoxy groups -OCH3 is 1. The number of nitrogen functional groups attached to an aromatic ring is 1. The lowest BCUT2D eigenvalue weighted by Crippen LogP contribution is -2.06. The second kappa shape index (κ2) is 5.55. The number of anilines is 1. The minimum Gasteiger partial charge on any atom is -0.494 e. The Morgan fingerprint density at radius 3 is 2.85 bits per heavy atom. The first-order chi connectivity index (χ1) is 9.58. The number of nitrogens with zero attached hydrogens (tertiary/aromatic N) is 4. The van der Waals surface area contributed by atoms with Gasteiger partial charge in [-0.15, -0.1) is 5.10 Å². The van der Waals surface area contributed by atoms with Gasteiger partial charge < -0.3 is 10.5 Å². The summed E-state index contributed by atoms with van der Waals surface area (Å²) in [6.07, 6.45) is 1.53. The van der Waals surface area contributed by atoms with Gasteiger partial charge in [-0.3, -0.25) is 10.1 Å². The van der Waals surface area contributed by atoms with Crippen LogP contribution in [0.4, 0.5) is 11.5 Å². The van der Waals surface area contributed by atoms with Crippen molar-refractivity contribution in [2.45, 2.75) is 19.8 Å². The van der Waals surface area contributed by atoms with Gasteiger partial charge in [0.1, 0.15) is 11.4 Å². The van der Waals surface area contributed by atoms with Gasteiger partial charge in [0.25, 0.3) is 5.69 Å². The van der Waals surface area contributed by atoms with E-state index in [0.29, 0.717) is 29.4 Å². The summed E-state index contributed by atoms with van der Waals surface area (Å²) in [7, 11) is 1.49. The Morgan fingerprint density at radius 2 is 2.25 bits per heavy atom. The number of nitro groups is 1. The second-order valence-corrected chi connectivity index (χ2v) is 4.20. The highest BCUT2D eigenvalue weighted by atomic mass is 16.6. The second-order valence-electron chi connectivity index (χ2n) is 4.20. The number of benzene rings is 1. The van der Waals surface area contributed by atoms with Crippen LogP contribution in [0.3, 0.4) is 0 Å². The predicted octanol–water partition coefficient (Wildman–Crippen LogP) is 1.72. The van der Waals surface area contributed by atoms with Crippen LogP contribution in [-0.4, -0.2) is 27.0 Å². The lowest BCUT2D eigenvalue weighted by molar-refractivity contribution is -0.384. The van der Waals surface area contributed by atoms with Crippen LogP contribution in [0.1, 0.15) is 19.0 Å². The minimum atomic E-state index is -0.470. The van der Waals surface area contributed by atoms with Crippen LogP contribution in [0, 0.1) is 10.1 Å². The summed E-state index contributed by atoms with van der Waals surface area (Å²) in [5, 5.41) is 18.7. The summed E-state index contributed by atoms with van der Waals surface area (Å²) in [6.45, 7) is 2.00. The molecule has 0 fully saturated rings. The van der Waals surface area contributed by atoms with E-state index in [4.69, 9.17) is 10.5 Å². The third kappa shape index (κ3) is 2.40. The van der Waals surface area contributed by atoms with E-state index in [1.807, 2.05) is 6.92 Å². The molecule has 0 aliphatic heterocycles. The maximum absolute atomic E-state index is 10.9. The molecule has 1 aromatic carbocycles. The standard InChI is InChI=1S/C12H15N5O3/c1-3-4-9-12(13)14-15-16(9)10-7-8(17(18)19)5-6-11(10)20-2/h5-7H,3-4,13H2,1-2H3. The number of aromatic nitrogens is 3. The lowest BCUT2D eigenvalue weighted by atomic mass is 10.2. The Labute approximate surface area is 115 Å². The van der Waals surface area contributed by atoms with Gasteiger partial charge in [-0.1, -0.05) is 18.6 Å². The fourth-order valence-corrected chi connectivity index (χ4v) is 1.93. The molecule has 8 heteroatoms. The first-order valence-electron chi connectivity index (χ1n) is 6.11. The van der Waals surface area contributed by atoms with Gasteiger partial charge in [-0.2, -0.15) is 0 Å². The first-order valence-corrected chi connectivity index (χ1v) is 6.11. The van der Waals surface area contributed by atoms with Crippen molar-refractivity contribution in [1.82, 2.24) is 15.0 Å². The number of nitrogens with two attached hydrogens (primary N) is 1. The molecule has 0 amide bonds. The Kier molecular flexibility index (Phi) is 3.83. The molecular formula is C12H15N5O3. The topological polar surface area (TPSA) is 109 Å². The Balaban J connectivity index is 2.61. The molecule has 0 radical (unpaired) electrons. The molecule has 1 heterocycles. The Morgan fingerprint density at radius 1 is 1.50 bits per heavy atom. The highest BCUT2D eigenvalue weighted by molar-refractivity contribution is 5.55. The molecule has 2 aromatic rings. The van der Waals surface area contributed by atoms with E-state index in [1.54, 1.807) is 0 Å². The van der Waals surface area contributed by atoms with Crippen molar-refractivity contribution >= 4 is 11.5 Å². The fourth-order valence-electron chi connectivity index (χ4n) is 1.93. The largest absolute Gasteiger partial charge is 0.494 e. The normalized spacial score (nSPS) is 10.5. The van der Waals surface area contributed by atoms with Crippen molar-refractivity contribution in [3.63, 3.8) is 0 Å². The molecule has 0 unspecified atom stereocenters. The molecule has 2 rings (SSSR count). The summed E-state index contributed by atoms with van der Waals surface area (Å²) in [6, 6.07) is 4.30. The van der Waals surface area contributed by atoms with Crippen LogP contribution in [-0.2, 0) is 6.42 Å². The van der Waals surface area contributed by atoms with Gasteiger partial charge in [-0.25, -0.2) is 4.68 Å². The molecule has 2 N–H and O–H groups in total. The zero-order valence-corrected chi connectivity index (χ0v) is 11.2. The number of hydrogen-bond acceptors (Lipinski definition) is 6. The molecule has 0 aliphatic carbocycles. The molecular weight excluding hydrogens is 262 g/mol. The van der Waals surface area contributed by atoms with E-state index in [0.717, 1.165) is 6.42 Å². The monoisotopic (exact) mass is 277 g/mol. The smallest absolute Gasteiger partial charge is 0.271 e. The molecule has 8 nitrogen and oxygen atoms in total. The van der Waals surface area contributed by atoms with Crippen LogP contribution < -0.4 is 10.5 Å². The van der Waals surface area contributed by atoms with Crippen molar-refractivity contribution < 1.29 is 9.66 Å². The summed E-state index contributed by atoms with van der Waals surface area (Å²) in [4.78, 5) is 10.4. The lowest BCUT2D eigenvalue weighted by Gasteiger charge is -2.10. The first kappa shape index (κ1) is 13.8. The molecule has 0 bridgehead atoms. The van der Waals surface area contributed by atoms with Crippen molar-refractivity contribution in [2.75, 3.05) is 12.8 Å². The van der Waals surface area contributed by atoms with Crippen LogP contribution in [0.2, 0.25) is 0 Å². The average molecular weight is 277 g/mol. The molecule has 0 aliphatic rings. The zero-order chi connectivity index (χ0) is 14.7. The summed E-state index contributed by atoms with van der Waals surface area (Å²) < 4.78 is 6.72. The van der Waals surface area contributed by atoms with E-state index in [2.05, 4.69) is 10.3 Å². The highest BCUT2D eigenvalue weighted by Gasteiger charge is 2.18. The molecule has 106 valence electrons. The van der Waals surface area contributed by atoms with Gasteiger partial charge in [0.05, 0.1) is 17.7 Å². The van der Waals surface area contributed by atoms with E-state index in [-0.39, 0.29) is 5.69 Å². The van der Waals surface area contributed by atoms with Gasteiger partial charge in [-0.05, 0) is 12.5 Å². The third-order valence-electron chi connectivity index (χ3n) is 2.88. The number of nitro benzene ring substituents is 1. The van der Waals surface area contributed by atoms with Crippen LogP contribution in [0.5, 0.6) is 5.75 Å². The number of rotatable bonds is 5. The highest BCUT2D eigenvalue weighted by Crippen LogP contribution is 2.29. The molecule has 0 saturated carbocycles. The van der Waals surface area contributed by atoms with Crippen LogP contribution in [0.15, 0.2) is 18.2 Å². The van der Waals surface area contributed by atoms with E-state index < -0.39 is 4.92 Å². The van der Waals surface area contributed by atoms with Crippen molar-refractivity contribution in [3.8, 4) is 11.4 Å². The number of ether oxygens (including phenoxy) is 1. The molecule has 0 atom stereocenters. The summed E-state index contributed by atoms with van der Waals surface area (Å²) in [5.41, 5.74) is 6.91. The number of hydrogen-bond donors (Lipinski definition) is 1. The SMILES string of the molecule is CCCc1c(N)nnn1-c1cc([N+](=O)[O-])ccc1OC. The van der Waals surface area contributed by atoms with Crippen molar-refractivity contribution in [2.24, 2.45) is 0 Å². The summed E-state index contributed by atoms with van der Waals surface area (Å²) in [5.74, 6) is 0.790. The quantitative estimate of drug-likeness (QED) is 0.658. The maximum Gasteiger partial charge on any atom is 0.271 e. The average Bonchev–Trinajstić information content (AvgIpc) is 2.80. The summed E-state index contributed by atoms with van der Waals surface area (Å²) >= 11 is 0. The molecule has 1 aromatic heterocycles. The fraction of sp³-hybridized carbons (Fsp3) is 0.333. The van der Waals surface area contributed by atoms with Gasteiger partial charge in [0.15, 0.2) is 5.82 Å². The number of non-ortho nitro benzene ring substituents is 1. The maximum atomic E-state index is 10.9. The van der Waals surface area contributed by atoms with Crippen molar-refractivity contribution in [1.29, 1.82) is 0 Å². The van der Waals surface area contributed by atoms with Crippen molar-refractivity contribution in [3.05, 3.63) is 34.0 Å². The van der Waals surface area contributed by atoms with Gasteiger partial charge in [0.2, 0.25) is 0 Å². The zero-order valence-electron chi connectivity index (χ0n) is 11.2. The third-order valence-corrected chi connectivity index (χ3v) is 2.88. The minimum absolute atomic E-state index is 0.0441. The molecule has 20 heavy (non-hydrogen) atoms. The molecule has 0 saturated heterocycles. The Hall–Kier alpha value is -2.64. The van der Waals surface area contributed by atoms with Crippen LogP contribution in [0.25, 0.3) is 5.69 Å². The molecule has 0 spiro atoms. The Bertz CT molecular complexity index is 638. The van der Waals surface area contributed by atoms with E-state index >= 15 is 0 Å².